The fourth-order valence-electron chi connectivity index (χ4n) is 3.44. The minimum absolute atomic E-state index is 0.215. The maximum atomic E-state index is 13.2. The number of carbonyl (C=O) groups excluding carboxylic acids is 3. The van der Waals surface area contributed by atoms with E-state index >= 15 is 0 Å². The number of amides is 3. The molecule has 29 heavy (non-hydrogen) atoms. The molecule has 1 aromatic carbocycles. The average Bonchev–Trinajstić information content (AvgIpc) is 2.99. The van der Waals surface area contributed by atoms with Crippen molar-refractivity contribution in [2.75, 3.05) is 18.1 Å². The van der Waals surface area contributed by atoms with Crippen LogP contribution in [0.2, 0.25) is 0 Å². The Kier molecular flexibility index (Phi) is 4.75. The Morgan fingerprint density at radius 1 is 1.10 bits per heavy atom. The normalized spacial score (nSPS) is 19.9. The van der Waals surface area contributed by atoms with Gasteiger partial charge in [-0.05, 0) is 50.3 Å². The Morgan fingerprint density at radius 3 is 2.55 bits per heavy atom. The zero-order valence-electron chi connectivity index (χ0n) is 16.0. The molecule has 0 bridgehead atoms. The molecule has 0 spiro atoms. The lowest BCUT2D eigenvalue weighted by Gasteiger charge is -2.26. The lowest BCUT2D eigenvalue weighted by Crippen LogP contribution is -2.74. The van der Waals surface area contributed by atoms with Crippen molar-refractivity contribution in [3.8, 4) is 5.75 Å². The third-order valence-electron chi connectivity index (χ3n) is 4.75. The van der Waals surface area contributed by atoms with Gasteiger partial charge >= 0.3 is 12.0 Å². The van der Waals surface area contributed by atoms with Crippen molar-refractivity contribution in [3.63, 3.8) is 0 Å². The summed E-state index contributed by atoms with van der Waals surface area (Å²) < 4.78 is 10.5. The van der Waals surface area contributed by atoms with Gasteiger partial charge < -0.3 is 9.47 Å². The molecule has 2 aliphatic heterocycles. The second-order valence-corrected chi connectivity index (χ2v) is 6.47. The maximum Gasteiger partial charge on any atom is 0.337 e. The molecule has 3 amide bonds. The van der Waals surface area contributed by atoms with Gasteiger partial charge in [0.25, 0.3) is 5.91 Å². The van der Waals surface area contributed by atoms with E-state index in [2.05, 4.69) is 4.99 Å². The number of imide groups is 1. The summed E-state index contributed by atoms with van der Waals surface area (Å²) in [5.74, 6) is -0.254. The fraction of sp³-hybridized carbons (Fsp3) is 0.238. The Hall–Kier alpha value is -3.68. The molecule has 148 valence electrons. The Labute approximate surface area is 167 Å². The standard InChI is InChI=1S/C21H19N3O5/c1-3-28-15-8-6-14(7-9-15)23-19(25)18-12-22-16-10-5-13(20(26)29-4-2)11-17(16)24(18)21(23)27/h5-12,17H,3-4H2,1-2H3/p+1. The molecule has 8 nitrogen and oxygen atoms in total. The summed E-state index contributed by atoms with van der Waals surface area (Å²) in [7, 11) is 0. The van der Waals surface area contributed by atoms with Crippen molar-refractivity contribution in [2.24, 2.45) is 0 Å². The van der Waals surface area contributed by atoms with Gasteiger partial charge in [0.2, 0.25) is 5.71 Å². The monoisotopic (exact) mass is 394 g/mol. The molecule has 1 unspecified atom stereocenters. The first kappa shape index (κ1) is 18.7. The van der Waals surface area contributed by atoms with E-state index in [1.165, 1.54) is 11.1 Å². The number of anilines is 1. The van der Waals surface area contributed by atoms with Crippen molar-refractivity contribution < 1.29 is 28.8 Å². The quantitative estimate of drug-likeness (QED) is 0.585. The minimum Gasteiger partial charge on any atom is -0.494 e. The molecular formula is C21H20N3O5+. The Balaban J connectivity index is 1.66. The topological polar surface area (TPSA) is 90.1 Å². The zero-order chi connectivity index (χ0) is 20.5. The van der Waals surface area contributed by atoms with Gasteiger partial charge in [-0.15, -0.1) is 0 Å². The smallest absolute Gasteiger partial charge is 0.337 e. The van der Waals surface area contributed by atoms with Crippen LogP contribution in [0.1, 0.15) is 13.8 Å². The maximum absolute atomic E-state index is 13.2. The lowest BCUT2D eigenvalue weighted by atomic mass is 9.98. The summed E-state index contributed by atoms with van der Waals surface area (Å²) in [5, 5.41) is 0. The van der Waals surface area contributed by atoms with Crippen LogP contribution >= 0.6 is 0 Å². The van der Waals surface area contributed by atoms with Crippen molar-refractivity contribution in [1.29, 1.82) is 0 Å². The number of hydrogen-bond donors (Lipinski definition) is 1. The van der Waals surface area contributed by atoms with E-state index in [4.69, 9.17) is 9.47 Å². The molecular weight excluding hydrogens is 374 g/mol. The first-order valence-electron chi connectivity index (χ1n) is 9.36. The second kappa shape index (κ2) is 7.38. The largest absolute Gasteiger partial charge is 0.494 e. The molecule has 0 saturated carbocycles. The number of rotatable bonds is 5. The molecule has 1 atom stereocenters. The van der Waals surface area contributed by atoms with E-state index in [1.807, 2.05) is 6.92 Å². The summed E-state index contributed by atoms with van der Waals surface area (Å²) in [5.41, 5.74) is 1.69. The van der Waals surface area contributed by atoms with E-state index in [1.54, 1.807) is 49.4 Å². The van der Waals surface area contributed by atoms with Gasteiger partial charge in [-0.2, -0.15) is 0 Å². The van der Waals surface area contributed by atoms with Crippen molar-refractivity contribution in [2.45, 2.75) is 19.9 Å². The summed E-state index contributed by atoms with van der Waals surface area (Å²) in [6.07, 6.45) is 6.47. The Bertz CT molecular complexity index is 1000. The number of ether oxygens (including phenoxy) is 2. The highest BCUT2D eigenvalue weighted by Gasteiger charge is 2.50. The molecule has 1 saturated heterocycles. The minimum atomic E-state index is -0.594. The molecule has 0 radical (unpaired) electrons. The van der Waals surface area contributed by atoms with Crippen LogP contribution in [0, 0.1) is 0 Å². The molecule has 4 rings (SSSR count). The van der Waals surface area contributed by atoms with Gasteiger partial charge in [-0.1, -0.05) is 0 Å². The third-order valence-corrected chi connectivity index (χ3v) is 4.75. The molecule has 1 aliphatic carbocycles. The van der Waals surface area contributed by atoms with Crippen LogP contribution in [0.25, 0.3) is 0 Å². The van der Waals surface area contributed by atoms with Crippen molar-refractivity contribution in [3.05, 3.63) is 60.0 Å². The van der Waals surface area contributed by atoms with E-state index in [0.29, 0.717) is 29.3 Å². The summed E-state index contributed by atoms with van der Waals surface area (Å²) in [6.45, 7) is 4.38. The molecule has 1 aromatic rings. The van der Waals surface area contributed by atoms with E-state index in [-0.39, 0.29) is 12.3 Å². The van der Waals surface area contributed by atoms with Crippen LogP contribution in [0.5, 0.6) is 5.75 Å². The molecule has 3 aliphatic rings. The van der Waals surface area contributed by atoms with Crippen LogP contribution in [-0.4, -0.2) is 47.8 Å². The number of benzene rings is 1. The number of esters is 1. The second-order valence-electron chi connectivity index (χ2n) is 6.47. The number of carbonyl (C=O) groups is 3. The highest BCUT2D eigenvalue weighted by atomic mass is 16.5. The number of nitrogens with zero attached hydrogens (tertiary/aromatic N) is 2. The number of nitrogens with one attached hydrogen (secondary N) is 1. The number of fused-ring (bicyclic) bond motifs is 3. The zero-order valence-corrected chi connectivity index (χ0v) is 16.0. The SMILES string of the molecule is CCOC(=O)C1=CC2C(=[NH+]C=C3C(=O)N(c4ccc(OCC)cc4)C(=O)N32)C=C1. The summed E-state index contributed by atoms with van der Waals surface area (Å²) in [4.78, 5) is 43.7. The van der Waals surface area contributed by atoms with Gasteiger partial charge in [-0.3, -0.25) is 9.69 Å². The molecule has 8 heteroatoms. The molecule has 1 N–H and O–H groups in total. The molecule has 1 fully saturated rings. The predicted octanol–water partition coefficient (Wildman–Crippen LogP) is 0.658. The first-order chi connectivity index (χ1) is 14.0. The number of hydrogen-bond acceptors (Lipinski definition) is 5. The van der Waals surface area contributed by atoms with Crippen LogP contribution in [-0.2, 0) is 14.3 Å². The predicted molar refractivity (Wildman–Crippen MR) is 104 cm³/mol. The van der Waals surface area contributed by atoms with Gasteiger partial charge in [0.1, 0.15) is 11.8 Å². The van der Waals surface area contributed by atoms with Crippen LogP contribution < -0.4 is 14.6 Å². The Morgan fingerprint density at radius 2 is 1.86 bits per heavy atom. The third kappa shape index (κ3) is 3.12. The average molecular weight is 394 g/mol. The van der Waals surface area contributed by atoms with Gasteiger partial charge in [0.15, 0.2) is 11.9 Å². The molecule has 2 heterocycles. The highest BCUT2D eigenvalue weighted by molar-refractivity contribution is 6.28. The summed E-state index contributed by atoms with van der Waals surface area (Å²) >= 11 is 0. The fourth-order valence-corrected chi connectivity index (χ4v) is 3.44. The van der Waals surface area contributed by atoms with Crippen molar-refractivity contribution in [1.82, 2.24) is 4.90 Å². The van der Waals surface area contributed by atoms with Gasteiger partial charge in [-0.25, -0.2) is 19.5 Å². The number of urea groups is 1. The summed E-state index contributed by atoms with van der Waals surface area (Å²) in [6, 6.07) is 5.68. The van der Waals surface area contributed by atoms with Crippen molar-refractivity contribution >= 4 is 29.3 Å². The van der Waals surface area contributed by atoms with Crippen LogP contribution in [0.4, 0.5) is 10.5 Å². The van der Waals surface area contributed by atoms with Gasteiger partial charge in [0, 0.05) is 6.08 Å². The highest BCUT2D eigenvalue weighted by Crippen LogP contribution is 2.32. The van der Waals surface area contributed by atoms with E-state index in [0.717, 1.165) is 4.90 Å². The lowest BCUT2D eigenvalue weighted by molar-refractivity contribution is -0.379. The van der Waals surface area contributed by atoms with E-state index in [9.17, 15) is 14.4 Å². The molecule has 0 aromatic heterocycles. The first-order valence-corrected chi connectivity index (χ1v) is 9.36. The van der Waals surface area contributed by atoms with Crippen LogP contribution in [0.15, 0.2) is 60.0 Å². The van der Waals surface area contributed by atoms with Gasteiger partial charge in [0.05, 0.1) is 24.5 Å². The van der Waals surface area contributed by atoms with E-state index < -0.39 is 23.9 Å². The van der Waals surface area contributed by atoms with Crippen LogP contribution in [0.3, 0.4) is 0 Å².